The molecule has 1 aliphatic carbocycles. The Kier molecular flexibility index (Phi) is 7.31. The summed E-state index contributed by atoms with van der Waals surface area (Å²) in [4.78, 5) is 39.2. The highest BCUT2D eigenvalue weighted by Gasteiger charge is 2.31. The summed E-state index contributed by atoms with van der Waals surface area (Å²) in [5.41, 5.74) is 5.82. The summed E-state index contributed by atoms with van der Waals surface area (Å²) in [6.45, 7) is 2.54. The maximum Gasteiger partial charge on any atom is 0.330 e. The lowest BCUT2D eigenvalue weighted by molar-refractivity contribution is -0.137. The smallest absolute Gasteiger partial charge is 0.330 e. The minimum absolute atomic E-state index is 0.294. The zero-order valence-electron chi connectivity index (χ0n) is 22.7. The van der Waals surface area contributed by atoms with Gasteiger partial charge in [-0.2, -0.15) is 0 Å². The van der Waals surface area contributed by atoms with Crippen LogP contribution in [0.15, 0.2) is 67.7 Å². The Morgan fingerprint density at radius 1 is 1.07 bits per heavy atom. The Bertz CT molecular complexity index is 1730. The summed E-state index contributed by atoms with van der Waals surface area (Å²) >= 11 is 0. The average molecular weight is 549 g/mol. The second-order valence-corrected chi connectivity index (χ2v) is 9.48. The molecule has 1 saturated carbocycles. The Morgan fingerprint density at radius 3 is 2.63 bits per heavy atom. The molecule has 206 valence electrons. The third kappa shape index (κ3) is 5.60. The fourth-order valence-electron chi connectivity index (χ4n) is 4.56. The summed E-state index contributed by atoms with van der Waals surface area (Å²) in [5.74, 6) is 1.34. The molecule has 0 bridgehead atoms. The lowest BCUT2D eigenvalue weighted by Crippen LogP contribution is -2.07. The first kappa shape index (κ1) is 26.1. The van der Waals surface area contributed by atoms with Crippen LogP contribution in [0, 0.1) is 0 Å². The van der Waals surface area contributed by atoms with E-state index in [1.807, 2.05) is 41.1 Å². The van der Waals surface area contributed by atoms with E-state index >= 15 is 0 Å². The van der Waals surface area contributed by atoms with E-state index < -0.39 is 5.97 Å². The van der Waals surface area contributed by atoms with E-state index in [1.54, 1.807) is 38.7 Å². The molecule has 5 aromatic rings. The normalized spacial score (nSPS) is 13.0. The van der Waals surface area contributed by atoms with Crippen molar-refractivity contribution in [1.82, 2.24) is 34.3 Å². The molecule has 4 aromatic heterocycles. The van der Waals surface area contributed by atoms with E-state index in [1.165, 1.54) is 12.4 Å². The molecular formula is C30H28N8O3. The van der Waals surface area contributed by atoms with Crippen molar-refractivity contribution < 1.29 is 14.3 Å². The third-order valence-corrected chi connectivity index (χ3v) is 6.72. The fraction of sp³-hybridized carbons (Fsp3) is 0.233. The maximum absolute atomic E-state index is 12.0. The first-order chi connectivity index (χ1) is 20.1. The van der Waals surface area contributed by atoms with E-state index in [-0.39, 0.29) is 0 Å². The molecule has 0 radical (unpaired) electrons. The van der Waals surface area contributed by atoms with Crippen LogP contribution >= 0.6 is 0 Å². The molecule has 0 saturated heterocycles. The monoisotopic (exact) mass is 548 g/mol. The number of fused-ring (bicyclic) bond motifs is 1. The van der Waals surface area contributed by atoms with Crippen LogP contribution in [0.1, 0.15) is 42.5 Å². The Balaban J connectivity index is 1.30. The van der Waals surface area contributed by atoms with Crippen molar-refractivity contribution in [3.8, 4) is 28.5 Å². The molecule has 0 amide bonds. The zero-order valence-corrected chi connectivity index (χ0v) is 22.7. The maximum atomic E-state index is 12.0. The quantitative estimate of drug-likeness (QED) is 0.193. The molecule has 0 spiro atoms. The van der Waals surface area contributed by atoms with Crippen molar-refractivity contribution in [2.24, 2.45) is 0 Å². The number of rotatable bonds is 10. The van der Waals surface area contributed by atoms with Crippen molar-refractivity contribution in [2.45, 2.75) is 32.2 Å². The van der Waals surface area contributed by atoms with Crippen LogP contribution in [0.3, 0.4) is 0 Å². The second kappa shape index (κ2) is 11.5. The van der Waals surface area contributed by atoms with Crippen LogP contribution in [0.2, 0.25) is 0 Å². The van der Waals surface area contributed by atoms with Gasteiger partial charge < -0.3 is 19.2 Å². The first-order valence-electron chi connectivity index (χ1n) is 13.4. The molecule has 0 atom stereocenters. The van der Waals surface area contributed by atoms with Crippen molar-refractivity contribution in [3.63, 3.8) is 0 Å². The van der Waals surface area contributed by atoms with Gasteiger partial charge in [-0.1, -0.05) is 24.3 Å². The molecule has 4 heterocycles. The third-order valence-electron chi connectivity index (χ3n) is 6.72. The second-order valence-electron chi connectivity index (χ2n) is 9.48. The van der Waals surface area contributed by atoms with Gasteiger partial charge in [-0.05, 0) is 31.4 Å². The van der Waals surface area contributed by atoms with Crippen LogP contribution < -0.4 is 10.1 Å². The number of nitrogens with one attached hydrogen (secondary N) is 1. The predicted octanol–water partition coefficient (Wildman–Crippen LogP) is 4.72. The minimum Gasteiger partial charge on any atom is -0.480 e. The van der Waals surface area contributed by atoms with E-state index in [9.17, 15) is 4.79 Å². The lowest BCUT2D eigenvalue weighted by atomic mass is 10.1. The molecule has 1 aliphatic rings. The Morgan fingerprint density at radius 2 is 1.88 bits per heavy atom. The standard InChI is InChI=1S/C30H28N8O3/c1-3-41-23(39)11-10-22-17-34-28(24-25(20-8-9-20)35-18-36-30(24)40-2)37-27(22)33-16-19-4-6-21(7-5-19)26-29-32-13-15-38(29)14-12-31-26/h4-7,10-15,17-18,20H,3,8-9,16H2,1-2H3,(H,33,34,37)/b11-10+. The van der Waals surface area contributed by atoms with Crippen LogP contribution in [0.4, 0.5) is 5.82 Å². The number of ether oxygens (including phenoxy) is 2. The SMILES string of the molecule is CCOC(=O)/C=C/c1cnc(-c2c(OC)ncnc2C2CC2)nc1NCc1ccc(-c2nccn3ccnc23)cc1. The van der Waals surface area contributed by atoms with Crippen LogP contribution in [-0.2, 0) is 16.1 Å². The number of benzene rings is 1. The van der Waals surface area contributed by atoms with Crippen LogP contribution in [0.25, 0.3) is 34.4 Å². The number of anilines is 1. The molecule has 0 aliphatic heterocycles. The first-order valence-corrected chi connectivity index (χ1v) is 13.4. The van der Waals surface area contributed by atoms with Gasteiger partial charge in [-0.3, -0.25) is 4.98 Å². The molecule has 0 unspecified atom stereocenters. The van der Waals surface area contributed by atoms with Gasteiger partial charge in [0.1, 0.15) is 23.4 Å². The molecule has 41 heavy (non-hydrogen) atoms. The number of esters is 1. The van der Waals surface area contributed by atoms with Gasteiger partial charge in [-0.25, -0.2) is 29.7 Å². The van der Waals surface area contributed by atoms with Crippen LogP contribution in [0.5, 0.6) is 5.88 Å². The van der Waals surface area contributed by atoms with Crippen molar-refractivity contribution in [2.75, 3.05) is 19.0 Å². The van der Waals surface area contributed by atoms with Gasteiger partial charge in [0.2, 0.25) is 5.88 Å². The largest absolute Gasteiger partial charge is 0.480 e. The highest BCUT2D eigenvalue weighted by molar-refractivity contribution is 5.88. The highest BCUT2D eigenvalue weighted by Crippen LogP contribution is 2.45. The minimum atomic E-state index is -0.437. The van der Waals surface area contributed by atoms with Crippen molar-refractivity contribution in [1.29, 1.82) is 0 Å². The summed E-state index contributed by atoms with van der Waals surface area (Å²) in [5, 5.41) is 3.41. The van der Waals surface area contributed by atoms with Crippen molar-refractivity contribution >= 4 is 23.5 Å². The molecule has 11 nitrogen and oxygen atoms in total. The van der Waals surface area contributed by atoms with E-state index in [0.717, 1.165) is 41.0 Å². The van der Waals surface area contributed by atoms with Gasteiger partial charge in [0.05, 0.1) is 19.4 Å². The lowest BCUT2D eigenvalue weighted by Gasteiger charge is -2.14. The van der Waals surface area contributed by atoms with Crippen molar-refractivity contribution in [3.05, 3.63) is 84.5 Å². The number of hydrogen-bond acceptors (Lipinski definition) is 10. The number of aromatic nitrogens is 7. The van der Waals surface area contributed by atoms with E-state index in [2.05, 4.69) is 30.2 Å². The summed E-state index contributed by atoms with van der Waals surface area (Å²) in [7, 11) is 1.57. The van der Waals surface area contributed by atoms with Gasteiger partial charge in [0.25, 0.3) is 0 Å². The molecule has 6 rings (SSSR count). The van der Waals surface area contributed by atoms with Gasteiger partial charge in [0, 0.05) is 60.6 Å². The van der Waals surface area contributed by atoms with E-state index in [0.29, 0.717) is 47.7 Å². The number of methoxy groups -OCH3 is 1. The Labute approximate surface area is 236 Å². The molecule has 1 N–H and O–H groups in total. The number of hydrogen-bond donors (Lipinski definition) is 1. The number of carbonyl (C=O) groups is 1. The summed E-state index contributed by atoms with van der Waals surface area (Å²) in [6, 6.07) is 8.11. The Hall–Kier alpha value is -5.19. The topological polar surface area (TPSA) is 129 Å². The predicted molar refractivity (Wildman–Crippen MR) is 153 cm³/mol. The number of imidazole rings is 1. The molecule has 1 fully saturated rings. The van der Waals surface area contributed by atoms with Gasteiger partial charge >= 0.3 is 5.97 Å². The average Bonchev–Trinajstić information content (AvgIpc) is 3.75. The van der Waals surface area contributed by atoms with Crippen LogP contribution in [-0.4, -0.2) is 54.0 Å². The molecule has 11 heteroatoms. The summed E-state index contributed by atoms with van der Waals surface area (Å²) < 4.78 is 12.5. The van der Waals surface area contributed by atoms with E-state index in [4.69, 9.17) is 14.5 Å². The number of nitrogens with zero attached hydrogens (tertiary/aromatic N) is 7. The zero-order chi connectivity index (χ0) is 28.2. The fourth-order valence-corrected chi connectivity index (χ4v) is 4.56. The summed E-state index contributed by atoms with van der Waals surface area (Å²) in [6.07, 6.45) is 15.6. The number of carbonyl (C=O) groups excluding carboxylic acids is 1. The highest BCUT2D eigenvalue weighted by atomic mass is 16.5. The van der Waals surface area contributed by atoms with Gasteiger partial charge in [0.15, 0.2) is 11.5 Å². The molecule has 1 aromatic carbocycles. The van der Waals surface area contributed by atoms with Gasteiger partial charge in [-0.15, -0.1) is 0 Å². The molecular weight excluding hydrogens is 520 g/mol.